The number of carbonyl (C=O) groups excluding carboxylic acids is 1. The molecule has 0 bridgehead atoms. The number of amides is 1. The highest BCUT2D eigenvalue weighted by Gasteiger charge is 2.47. The van der Waals surface area contributed by atoms with Gasteiger partial charge in [-0.15, -0.1) is 0 Å². The van der Waals surface area contributed by atoms with Gasteiger partial charge in [-0.2, -0.15) is 0 Å². The van der Waals surface area contributed by atoms with Crippen LogP contribution in [-0.4, -0.2) is 51.5 Å². The smallest absolute Gasteiger partial charge is 0.407 e. The Balaban J connectivity index is 1.30. The molecule has 0 atom stereocenters. The normalized spacial score (nSPS) is 20.1. The number of alkyl carbamates (subject to hydrolysis) is 1. The van der Waals surface area contributed by atoms with Crippen molar-refractivity contribution in [2.75, 3.05) is 18.0 Å². The zero-order valence-electron chi connectivity index (χ0n) is 20.3. The van der Waals surface area contributed by atoms with Crippen molar-refractivity contribution < 1.29 is 23.8 Å². The average Bonchev–Trinajstić information content (AvgIpc) is 3.57. The number of ether oxygens (including phenoxy) is 1. The summed E-state index contributed by atoms with van der Waals surface area (Å²) in [5.41, 5.74) is -1.15. The molecule has 0 unspecified atom stereocenters. The van der Waals surface area contributed by atoms with Crippen LogP contribution in [0.3, 0.4) is 0 Å². The summed E-state index contributed by atoms with van der Waals surface area (Å²) < 4.78 is 22.2. The molecule has 5 rings (SSSR count). The van der Waals surface area contributed by atoms with Crippen LogP contribution in [-0.2, 0) is 4.74 Å². The van der Waals surface area contributed by atoms with E-state index in [4.69, 9.17) is 4.74 Å². The average molecular weight is 487 g/mol. The third kappa shape index (κ3) is 4.58. The molecule has 9 nitrogen and oxygen atoms in total. The second kappa shape index (κ2) is 8.20. The lowest BCUT2D eigenvalue weighted by Crippen LogP contribution is -2.55. The number of pyridine rings is 2. The number of carboxylic acids is 1. The number of piperidine rings is 1. The standard InChI is InChI=1S/C25H31FN4O5/c1-24(2,3)35-23(34)27-14-11-25(12-14)6-8-29(9-7-25)21-18(26)10-16-19(31)17(22(32)33)13-30(15-4-5-15)20(16)28-21/h10,13-15H,4-9,11-12H2,1-3H3,(H,27,34)(H,32,33). The van der Waals surface area contributed by atoms with Crippen molar-refractivity contribution >= 4 is 28.9 Å². The molecule has 1 saturated heterocycles. The van der Waals surface area contributed by atoms with E-state index in [-0.39, 0.29) is 34.3 Å². The van der Waals surface area contributed by atoms with Crippen LogP contribution in [0.15, 0.2) is 17.1 Å². The summed E-state index contributed by atoms with van der Waals surface area (Å²) in [5.74, 6) is -1.74. The maximum Gasteiger partial charge on any atom is 0.407 e. The van der Waals surface area contributed by atoms with Gasteiger partial charge in [0.05, 0.1) is 5.39 Å². The zero-order chi connectivity index (χ0) is 25.1. The molecule has 10 heteroatoms. The number of rotatable bonds is 4. The molecule has 3 heterocycles. The van der Waals surface area contributed by atoms with Gasteiger partial charge >= 0.3 is 12.1 Å². The van der Waals surface area contributed by atoms with Crippen LogP contribution >= 0.6 is 0 Å². The summed E-state index contributed by atoms with van der Waals surface area (Å²) in [6.07, 6.45) is 6.13. The van der Waals surface area contributed by atoms with Crippen molar-refractivity contribution in [2.24, 2.45) is 5.41 Å². The van der Waals surface area contributed by atoms with E-state index in [2.05, 4.69) is 10.3 Å². The van der Waals surface area contributed by atoms with Crippen LogP contribution in [0.1, 0.15) is 75.7 Å². The number of hydrogen-bond donors (Lipinski definition) is 2. The van der Waals surface area contributed by atoms with Gasteiger partial charge in [-0.3, -0.25) is 4.79 Å². The molecule has 188 valence electrons. The number of aromatic nitrogens is 2. The molecule has 0 radical (unpaired) electrons. The Hall–Kier alpha value is -3.17. The molecule has 2 aliphatic carbocycles. The fraction of sp³-hybridized carbons (Fsp3) is 0.600. The third-order valence-corrected chi connectivity index (χ3v) is 7.31. The molecular weight excluding hydrogens is 455 g/mol. The molecule has 2 aromatic rings. The van der Waals surface area contributed by atoms with Crippen molar-refractivity contribution in [1.82, 2.24) is 14.9 Å². The van der Waals surface area contributed by atoms with E-state index >= 15 is 4.39 Å². The van der Waals surface area contributed by atoms with Crippen LogP contribution in [0.25, 0.3) is 11.0 Å². The van der Waals surface area contributed by atoms with Crippen LogP contribution in [0.4, 0.5) is 15.0 Å². The highest BCUT2D eigenvalue weighted by molar-refractivity contribution is 5.92. The van der Waals surface area contributed by atoms with Crippen LogP contribution < -0.4 is 15.6 Å². The largest absolute Gasteiger partial charge is 0.477 e. The van der Waals surface area contributed by atoms with E-state index in [0.29, 0.717) is 18.7 Å². The number of nitrogens with zero attached hydrogens (tertiary/aromatic N) is 3. The summed E-state index contributed by atoms with van der Waals surface area (Å²) in [6.45, 7) is 6.74. The fourth-order valence-corrected chi connectivity index (χ4v) is 5.41. The first-order chi connectivity index (χ1) is 16.4. The fourth-order valence-electron chi connectivity index (χ4n) is 5.41. The first-order valence-corrected chi connectivity index (χ1v) is 12.2. The lowest BCUT2D eigenvalue weighted by atomic mass is 9.60. The predicted octanol–water partition coefficient (Wildman–Crippen LogP) is 3.84. The van der Waals surface area contributed by atoms with Crippen LogP contribution in [0.2, 0.25) is 0 Å². The second-order valence-corrected chi connectivity index (χ2v) is 11.2. The van der Waals surface area contributed by atoms with Crippen LogP contribution in [0.5, 0.6) is 0 Å². The first kappa shape index (κ1) is 23.6. The number of hydrogen-bond acceptors (Lipinski definition) is 6. The van der Waals surface area contributed by atoms with Gasteiger partial charge in [0.2, 0.25) is 5.43 Å². The quantitative estimate of drug-likeness (QED) is 0.675. The number of carboxylic acid groups (broad SMARTS) is 1. The number of carbonyl (C=O) groups is 2. The molecule has 3 fully saturated rings. The van der Waals surface area contributed by atoms with E-state index in [9.17, 15) is 19.5 Å². The number of halogens is 1. The summed E-state index contributed by atoms with van der Waals surface area (Å²) in [7, 11) is 0. The van der Waals surface area contributed by atoms with Crippen molar-refractivity contribution in [3.63, 3.8) is 0 Å². The maximum absolute atomic E-state index is 15.1. The molecule has 1 aliphatic heterocycles. The van der Waals surface area contributed by atoms with Crippen molar-refractivity contribution in [1.29, 1.82) is 0 Å². The SMILES string of the molecule is CC(C)(C)OC(=O)NC1CC2(CCN(c3nc4c(cc3F)c(=O)c(C(=O)O)cn4C3CC3)CC2)C1. The summed E-state index contributed by atoms with van der Waals surface area (Å²) in [4.78, 5) is 42.7. The van der Waals surface area contributed by atoms with Crippen molar-refractivity contribution in [2.45, 2.75) is 77.0 Å². The maximum atomic E-state index is 15.1. The van der Waals surface area contributed by atoms with Gasteiger partial charge in [0.25, 0.3) is 0 Å². The Morgan fingerprint density at radius 3 is 2.46 bits per heavy atom. The first-order valence-electron chi connectivity index (χ1n) is 12.2. The van der Waals surface area contributed by atoms with Gasteiger partial charge in [-0.1, -0.05) is 0 Å². The molecule has 3 aliphatic rings. The Morgan fingerprint density at radius 2 is 1.89 bits per heavy atom. The van der Waals surface area contributed by atoms with Crippen molar-refractivity contribution in [3.05, 3.63) is 33.9 Å². The monoisotopic (exact) mass is 486 g/mol. The number of aromatic carboxylic acids is 1. The summed E-state index contributed by atoms with van der Waals surface area (Å²) >= 11 is 0. The Kier molecular flexibility index (Phi) is 5.52. The molecule has 2 saturated carbocycles. The summed E-state index contributed by atoms with van der Waals surface area (Å²) in [5, 5.41) is 12.3. The van der Waals surface area contributed by atoms with Gasteiger partial charge in [0.15, 0.2) is 11.6 Å². The number of fused-ring (bicyclic) bond motifs is 1. The minimum atomic E-state index is -1.32. The number of anilines is 1. The molecule has 0 aromatic carbocycles. The molecular formula is C25H31FN4O5. The lowest BCUT2D eigenvalue weighted by Gasteiger charge is -2.52. The lowest BCUT2D eigenvalue weighted by molar-refractivity contribution is 0.0233. The Bertz CT molecular complexity index is 1250. The van der Waals surface area contributed by atoms with E-state index in [0.717, 1.165) is 44.6 Å². The molecule has 1 spiro atoms. The Morgan fingerprint density at radius 1 is 1.23 bits per heavy atom. The van der Waals surface area contributed by atoms with Crippen molar-refractivity contribution in [3.8, 4) is 0 Å². The number of nitrogens with one attached hydrogen (secondary N) is 1. The third-order valence-electron chi connectivity index (χ3n) is 7.31. The minimum absolute atomic E-state index is 0.00146. The molecule has 2 aromatic heterocycles. The van der Waals surface area contributed by atoms with Gasteiger partial charge in [-0.05, 0) is 70.8 Å². The van der Waals surface area contributed by atoms with Crippen LogP contribution in [0, 0.1) is 11.2 Å². The van der Waals surface area contributed by atoms with E-state index in [1.807, 2.05) is 25.7 Å². The molecule has 35 heavy (non-hydrogen) atoms. The van der Waals surface area contributed by atoms with Gasteiger partial charge in [0, 0.05) is 31.4 Å². The molecule has 1 amide bonds. The van der Waals surface area contributed by atoms with Gasteiger partial charge in [-0.25, -0.2) is 19.0 Å². The van der Waals surface area contributed by atoms with Gasteiger partial charge < -0.3 is 24.6 Å². The van der Waals surface area contributed by atoms with E-state index in [1.54, 1.807) is 4.57 Å². The van der Waals surface area contributed by atoms with E-state index < -0.39 is 28.9 Å². The molecule has 2 N–H and O–H groups in total. The van der Waals surface area contributed by atoms with Gasteiger partial charge in [0.1, 0.15) is 16.8 Å². The van der Waals surface area contributed by atoms with E-state index in [1.165, 1.54) is 6.20 Å². The highest BCUT2D eigenvalue weighted by Crippen LogP contribution is 2.49. The topological polar surface area (TPSA) is 114 Å². The second-order valence-electron chi connectivity index (χ2n) is 11.2. The predicted molar refractivity (Wildman–Crippen MR) is 127 cm³/mol. The Labute approximate surface area is 202 Å². The minimum Gasteiger partial charge on any atom is -0.477 e. The zero-order valence-corrected chi connectivity index (χ0v) is 20.3. The summed E-state index contributed by atoms with van der Waals surface area (Å²) in [6, 6.07) is 1.30. The highest BCUT2D eigenvalue weighted by atomic mass is 19.1.